The van der Waals surface area contributed by atoms with Crippen molar-refractivity contribution in [3.8, 4) is 0 Å². The van der Waals surface area contributed by atoms with E-state index in [9.17, 15) is 4.79 Å². The van der Waals surface area contributed by atoms with Crippen LogP contribution in [0.15, 0.2) is 30.3 Å². The van der Waals surface area contributed by atoms with E-state index in [0.29, 0.717) is 25.0 Å². The van der Waals surface area contributed by atoms with Crippen molar-refractivity contribution < 1.29 is 4.79 Å². The maximum Gasteiger partial charge on any atom is 0.240 e. The van der Waals surface area contributed by atoms with Gasteiger partial charge >= 0.3 is 0 Å². The molecule has 0 bridgehead atoms. The third-order valence-electron chi connectivity index (χ3n) is 3.98. The lowest BCUT2D eigenvalue weighted by Crippen LogP contribution is -2.40. The fourth-order valence-electron chi connectivity index (χ4n) is 2.68. The van der Waals surface area contributed by atoms with Gasteiger partial charge in [0.25, 0.3) is 0 Å². The van der Waals surface area contributed by atoms with E-state index in [0.717, 1.165) is 18.7 Å². The molecular formula is C15H24ClN3O. The molecule has 1 heterocycles. The van der Waals surface area contributed by atoms with Crippen molar-refractivity contribution in [3.63, 3.8) is 0 Å². The van der Waals surface area contributed by atoms with Gasteiger partial charge in [0.1, 0.15) is 0 Å². The van der Waals surface area contributed by atoms with Crippen LogP contribution >= 0.6 is 12.4 Å². The van der Waals surface area contributed by atoms with Gasteiger partial charge in [0.05, 0.1) is 6.54 Å². The molecule has 1 aromatic carbocycles. The summed E-state index contributed by atoms with van der Waals surface area (Å²) in [4.78, 5) is 16.3. The average Bonchev–Trinajstić information content (AvgIpc) is 2.79. The van der Waals surface area contributed by atoms with Gasteiger partial charge in [0.2, 0.25) is 5.91 Å². The Bertz CT molecular complexity index is 426. The summed E-state index contributed by atoms with van der Waals surface area (Å²) in [6, 6.07) is 10.2. The normalized spacial score (nSPS) is 22.4. The predicted molar refractivity (Wildman–Crippen MR) is 85.3 cm³/mol. The lowest BCUT2D eigenvalue weighted by Gasteiger charge is -2.24. The van der Waals surface area contributed by atoms with Gasteiger partial charge in [0, 0.05) is 25.3 Å². The van der Waals surface area contributed by atoms with Crippen molar-refractivity contribution in [1.29, 1.82) is 0 Å². The van der Waals surface area contributed by atoms with E-state index in [1.807, 2.05) is 37.4 Å². The van der Waals surface area contributed by atoms with Crippen LogP contribution in [0.5, 0.6) is 0 Å². The van der Waals surface area contributed by atoms with E-state index in [1.165, 1.54) is 0 Å². The van der Waals surface area contributed by atoms with Crippen molar-refractivity contribution in [1.82, 2.24) is 4.90 Å². The Balaban J connectivity index is 0.00000200. The number of likely N-dealkylation sites (N-methyl/N-ethyl adjacent to an activating group) is 1. The first-order chi connectivity index (χ1) is 9.11. The van der Waals surface area contributed by atoms with Gasteiger partial charge in [-0.05, 0) is 37.9 Å². The van der Waals surface area contributed by atoms with E-state index in [2.05, 4.69) is 11.8 Å². The number of halogens is 1. The summed E-state index contributed by atoms with van der Waals surface area (Å²) in [6.07, 6.45) is 1.10. The topological polar surface area (TPSA) is 49.6 Å². The molecule has 1 saturated heterocycles. The predicted octanol–water partition coefficient (Wildman–Crippen LogP) is 1.74. The highest BCUT2D eigenvalue weighted by molar-refractivity contribution is 5.94. The van der Waals surface area contributed by atoms with E-state index >= 15 is 0 Å². The highest BCUT2D eigenvalue weighted by Crippen LogP contribution is 2.22. The minimum Gasteiger partial charge on any atom is -0.330 e. The number of hydrogen-bond acceptors (Lipinski definition) is 3. The Kier molecular flexibility index (Phi) is 6.46. The number of hydrogen-bond donors (Lipinski definition) is 1. The summed E-state index contributed by atoms with van der Waals surface area (Å²) in [5.41, 5.74) is 6.66. The van der Waals surface area contributed by atoms with Gasteiger partial charge in [-0.3, -0.25) is 9.69 Å². The highest BCUT2D eigenvalue weighted by Gasteiger charge is 2.30. The first kappa shape index (κ1) is 17.0. The first-order valence-electron chi connectivity index (χ1n) is 6.87. The van der Waals surface area contributed by atoms with Crippen LogP contribution < -0.4 is 10.6 Å². The Morgan fingerprint density at radius 2 is 2.05 bits per heavy atom. The minimum absolute atomic E-state index is 0. The van der Waals surface area contributed by atoms with E-state index in [1.54, 1.807) is 4.90 Å². The van der Waals surface area contributed by atoms with Crippen molar-refractivity contribution in [2.45, 2.75) is 19.4 Å². The zero-order chi connectivity index (χ0) is 13.8. The second kappa shape index (κ2) is 7.62. The lowest BCUT2D eigenvalue weighted by molar-refractivity contribution is -0.119. The molecular weight excluding hydrogens is 274 g/mol. The Morgan fingerprint density at radius 1 is 1.40 bits per heavy atom. The summed E-state index contributed by atoms with van der Waals surface area (Å²) in [7, 11) is 1.83. The number of carbonyl (C=O) groups excluding carboxylic acids is 1. The molecule has 0 aromatic heterocycles. The van der Waals surface area contributed by atoms with Crippen molar-refractivity contribution in [3.05, 3.63) is 30.3 Å². The third-order valence-corrected chi connectivity index (χ3v) is 3.98. The minimum atomic E-state index is 0. The maximum atomic E-state index is 12.3. The highest BCUT2D eigenvalue weighted by atomic mass is 35.5. The van der Waals surface area contributed by atoms with Gasteiger partial charge in [-0.1, -0.05) is 18.2 Å². The summed E-state index contributed by atoms with van der Waals surface area (Å²) in [6.45, 7) is 4.30. The number of nitrogens with zero attached hydrogens (tertiary/aromatic N) is 2. The molecule has 5 heteroatoms. The fraction of sp³-hybridized carbons (Fsp3) is 0.533. The average molecular weight is 298 g/mol. The van der Waals surface area contributed by atoms with Crippen LogP contribution in [0.3, 0.4) is 0 Å². The molecule has 20 heavy (non-hydrogen) atoms. The molecule has 1 aromatic rings. The van der Waals surface area contributed by atoms with E-state index in [4.69, 9.17) is 5.73 Å². The molecule has 2 atom stereocenters. The standard InChI is InChI=1S/C15H23N3O.ClH/c1-12-8-13(9-16)10-18(12)11-15(19)17(2)14-6-4-3-5-7-14;/h3-7,12-13H,8-11,16H2,1-2H3;1H. The van der Waals surface area contributed by atoms with Crippen LogP contribution in [0, 0.1) is 5.92 Å². The molecule has 0 spiro atoms. The van der Waals surface area contributed by atoms with Crippen molar-refractivity contribution in [2.24, 2.45) is 11.7 Å². The van der Waals surface area contributed by atoms with Gasteiger partial charge in [0.15, 0.2) is 0 Å². The molecule has 4 nitrogen and oxygen atoms in total. The summed E-state index contributed by atoms with van der Waals surface area (Å²) < 4.78 is 0. The summed E-state index contributed by atoms with van der Waals surface area (Å²) in [5, 5.41) is 0. The van der Waals surface area contributed by atoms with Crippen molar-refractivity contribution >= 4 is 24.0 Å². The number of nitrogens with two attached hydrogens (primary N) is 1. The first-order valence-corrected chi connectivity index (χ1v) is 6.87. The molecule has 1 aliphatic heterocycles. The second-order valence-electron chi connectivity index (χ2n) is 5.40. The molecule has 0 saturated carbocycles. The van der Waals surface area contributed by atoms with Crippen LogP contribution in [-0.4, -0.2) is 43.5 Å². The summed E-state index contributed by atoms with van der Waals surface area (Å²) in [5.74, 6) is 0.667. The fourth-order valence-corrected chi connectivity index (χ4v) is 2.68. The van der Waals surface area contributed by atoms with Gasteiger partial charge in [-0.2, -0.15) is 0 Å². The number of amides is 1. The molecule has 2 unspecified atom stereocenters. The Morgan fingerprint density at radius 3 is 2.60 bits per heavy atom. The molecule has 1 aliphatic rings. The molecule has 0 radical (unpaired) electrons. The quantitative estimate of drug-likeness (QED) is 0.921. The Labute approximate surface area is 127 Å². The van der Waals surface area contributed by atoms with Crippen LogP contribution in [0.4, 0.5) is 5.69 Å². The molecule has 2 rings (SSSR count). The molecule has 1 fully saturated rings. The van der Waals surface area contributed by atoms with Crippen LogP contribution in [0.2, 0.25) is 0 Å². The number of likely N-dealkylation sites (tertiary alicyclic amines) is 1. The zero-order valence-corrected chi connectivity index (χ0v) is 13.0. The number of anilines is 1. The van der Waals surface area contributed by atoms with Crippen LogP contribution in [0.1, 0.15) is 13.3 Å². The maximum absolute atomic E-state index is 12.3. The van der Waals surface area contributed by atoms with Crippen molar-refractivity contribution in [2.75, 3.05) is 31.6 Å². The Hall–Kier alpha value is -1.10. The van der Waals surface area contributed by atoms with Crippen LogP contribution in [-0.2, 0) is 4.79 Å². The molecule has 2 N–H and O–H groups in total. The third kappa shape index (κ3) is 3.95. The van der Waals surface area contributed by atoms with Gasteiger partial charge < -0.3 is 10.6 Å². The zero-order valence-electron chi connectivity index (χ0n) is 12.2. The SMILES string of the molecule is CC1CC(CN)CN1CC(=O)N(C)c1ccccc1.Cl. The van der Waals surface area contributed by atoms with E-state index < -0.39 is 0 Å². The number of benzene rings is 1. The molecule has 1 amide bonds. The largest absolute Gasteiger partial charge is 0.330 e. The summed E-state index contributed by atoms with van der Waals surface area (Å²) >= 11 is 0. The second-order valence-corrected chi connectivity index (χ2v) is 5.40. The van der Waals surface area contributed by atoms with Crippen LogP contribution in [0.25, 0.3) is 0 Å². The smallest absolute Gasteiger partial charge is 0.240 e. The van der Waals surface area contributed by atoms with E-state index in [-0.39, 0.29) is 18.3 Å². The van der Waals surface area contributed by atoms with Gasteiger partial charge in [-0.15, -0.1) is 12.4 Å². The molecule has 0 aliphatic carbocycles. The van der Waals surface area contributed by atoms with Gasteiger partial charge in [-0.25, -0.2) is 0 Å². The number of rotatable bonds is 4. The number of para-hydroxylation sites is 1. The molecule has 112 valence electrons. The lowest BCUT2D eigenvalue weighted by atomic mass is 10.1. The monoisotopic (exact) mass is 297 g/mol. The number of carbonyl (C=O) groups is 1.